The fourth-order valence-electron chi connectivity index (χ4n) is 1.54. The summed E-state index contributed by atoms with van der Waals surface area (Å²) in [5, 5.41) is 6.52. The third-order valence-corrected chi connectivity index (χ3v) is 2.18. The molecule has 0 amide bonds. The molecule has 2 aliphatic heterocycles. The molecule has 1 atom stereocenters. The zero-order chi connectivity index (χ0) is 8.23. The summed E-state index contributed by atoms with van der Waals surface area (Å²) >= 11 is 0. The van der Waals surface area contributed by atoms with Crippen molar-refractivity contribution in [2.24, 2.45) is 4.99 Å². The Hall–Kier alpha value is -0.770. The molecule has 1 unspecified atom stereocenters. The first-order valence-electron chi connectivity index (χ1n) is 4.58. The standard InChI is InChI=1S/C8H15N3O/c1-2-7(6-12-5-1)11-8-9-3-4-10-8/h7H,1-6H2,(H2,9,10,11). The summed E-state index contributed by atoms with van der Waals surface area (Å²) in [6.07, 6.45) is 2.35. The Morgan fingerprint density at radius 2 is 2.58 bits per heavy atom. The Labute approximate surface area is 72.4 Å². The molecule has 0 aromatic rings. The monoisotopic (exact) mass is 169 g/mol. The number of nitrogens with one attached hydrogen (secondary N) is 2. The van der Waals surface area contributed by atoms with Crippen LogP contribution in [0.2, 0.25) is 0 Å². The summed E-state index contributed by atoms with van der Waals surface area (Å²) < 4.78 is 5.35. The van der Waals surface area contributed by atoms with Crippen molar-refractivity contribution in [2.45, 2.75) is 18.9 Å². The molecule has 4 heteroatoms. The van der Waals surface area contributed by atoms with E-state index in [9.17, 15) is 0 Å². The van der Waals surface area contributed by atoms with Crippen LogP contribution < -0.4 is 10.6 Å². The van der Waals surface area contributed by atoms with Gasteiger partial charge < -0.3 is 15.4 Å². The van der Waals surface area contributed by atoms with Crippen molar-refractivity contribution in [3.05, 3.63) is 0 Å². The summed E-state index contributed by atoms with van der Waals surface area (Å²) in [5.74, 6) is 0.950. The van der Waals surface area contributed by atoms with Gasteiger partial charge >= 0.3 is 0 Å². The maximum atomic E-state index is 5.35. The van der Waals surface area contributed by atoms with E-state index in [1.807, 2.05) is 0 Å². The minimum absolute atomic E-state index is 0.461. The Kier molecular flexibility index (Phi) is 2.46. The van der Waals surface area contributed by atoms with Crippen LogP contribution in [-0.2, 0) is 4.74 Å². The summed E-state index contributed by atoms with van der Waals surface area (Å²) in [6.45, 7) is 3.60. The first kappa shape index (κ1) is 7.86. The molecule has 2 aliphatic rings. The predicted molar refractivity (Wildman–Crippen MR) is 47.3 cm³/mol. The van der Waals surface area contributed by atoms with Crippen molar-refractivity contribution in [3.63, 3.8) is 0 Å². The number of guanidine groups is 1. The van der Waals surface area contributed by atoms with Gasteiger partial charge in [-0.3, -0.25) is 4.99 Å². The van der Waals surface area contributed by atoms with Crippen molar-refractivity contribution in [2.75, 3.05) is 26.3 Å². The Bertz CT molecular complexity index is 175. The quantitative estimate of drug-likeness (QED) is 0.567. The van der Waals surface area contributed by atoms with Crippen LogP contribution in [0.4, 0.5) is 0 Å². The zero-order valence-corrected chi connectivity index (χ0v) is 7.18. The largest absolute Gasteiger partial charge is 0.379 e. The maximum absolute atomic E-state index is 5.35. The lowest BCUT2D eigenvalue weighted by molar-refractivity contribution is 0.0762. The molecule has 0 bridgehead atoms. The van der Waals surface area contributed by atoms with Crippen molar-refractivity contribution in [1.82, 2.24) is 10.6 Å². The lowest BCUT2D eigenvalue weighted by atomic mass is 10.1. The molecule has 2 heterocycles. The average Bonchev–Trinajstić information content (AvgIpc) is 2.59. The van der Waals surface area contributed by atoms with E-state index in [-0.39, 0.29) is 0 Å². The van der Waals surface area contributed by atoms with E-state index in [0.29, 0.717) is 6.04 Å². The van der Waals surface area contributed by atoms with E-state index < -0.39 is 0 Å². The van der Waals surface area contributed by atoms with Gasteiger partial charge in [0.15, 0.2) is 5.96 Å². The molecule has 1 fully saturated rings. The van der Waals surface area contributed by atoms with Gasteiger partial charge in [0, 0.05) is 13.2 Å². The van der Waals surface area contributed by atoms with E-state index in [1.165, 1.54) is 6.42 Å². The van der Waals surface area contributed by atoms with E-state index >= 15 is 0 Å². The molecule has 0 saturated carbocycles. The summed E-state index contributed by atoms with van der Waals surface area (Å²) in [5.41, 5.74) is 0. The molecule has 0 aromatic heterocycles. The highest BCUT2D eigenvalue weighted by Gasteiger charge is 2.15. The first-order chi connectivity index (χ1) is 5.95. The zero-order valence-electron chi connectivity index (χ0n) is 7.18. The summed E-state index contributed by atoms with van der Waals surface area (Å²) in [7, 11) is 0. The van der Waals surface area contributed by atoms with Gasteiger partial charge in [0.1, 0.15) is 0 Å². The lowest BCUT2D eigenvalue weighted by Gasteiger charge is -2.23. The molecule has 68 valence electrons. The van der Waals surface area contributed by atoms with Crippen molar-refractivity contribution in [3.8, 4) is 0 Å². The first-order valence-corrected chi connectivity index (χ1v) is 4.58. The van der Waals surface area contributed by atoms with Gasteiger partial charge in [-0.1, -0.05) is 0 Å². The Morgan fingerprint density at radius 1 is 1.58 bits per heavy atom. The summed E-state index contributed by atoms with van der Waals surface area (Å²) in [6, 6.07) is 0.461. The number of hydrogen-bond donors (Lipinski definition) is 2. The van der Waals surface area contributed by atoms with Crippen LogP contribution in [0.1, 0.15) is 12.8 Å². The fourth-order valence-corrected chi connectivity index (χ4v) is 1.54. The van der Waals surface area contributed by atoms with Crippen LogP contribution in [0.3, 0.4) is 0 Å². The average molecular weight is 169 g/mol. The number of aliphatic imine (C=N–C) groups is 1. The molecule has 1 saturated heterocycles. The van der Waals surface area contributed by atoms with Crippen molar-refractivity contribution in [1.29, 1.82) is 0 Å². The van der Waals surface area contributed by atoms with Gasteiger partial charge in [-0.25, -0.2) is 0 Å². The van der Waals surface area contributed by atoms with E-state index in [2.05, 4.69) is 15.6 Å². The van der Waals surface area contributed by atoms with E-state index in [0.717, 1.165) is 38.7 Å². The SMILES string of the molecule is C1COCC(NC2=NCCN2)C1. The second kappa shape index (κ2) is 3.76. The number of rotatable bonds is 1. The number of hydrogen-bond acceptors (Lipinski definition) is 4. The molecule has 4 nitrogen and oxygen atoms in total. The molecular formula is C8H15N3O. The van der Waals surface area contributed by atoms with Gasteiger partial charge in [-0.05, 0) is 12.8 Å². The molecule has 0 aromatic carbocycles. The number of ether oxygens (including phenoxy) is 1. The fraction of sp³-hybridized carbons (Fsp3) is 0.875. The smallest absolute Gasteiger partial charge is 0.191 e. The molecular weight excluding hydrogens is 154 g/mol. The van der Waals surface area contributed by atoms with Crippen LogP contribution in [-0.4, -0.2) is 38.3 Å². The third-order valence-electron chi connectivity index (χ3n) is 2.18. The molecule has 2 N–H and O–H groups in total. The second-order valence-electron chi connectivity index (χ2n) is 3.22. The molecule has 2 rings (SSSR count). The summed E-state index contributed by atoms with van der Waals surface area (Å²) in [4.78, 5) is 4.27. The van der Waals surface area contributed by atoms with Crippen LogP contribution in [0.15, 0.2) is 4.99 Å². The van der Waals surface area contributed by atoms with Crippen molar-refractivity contribution < 1.29 is 4.74 Å². The van der Waals surface area contributed by atoms with Crippen LogP contribution >= 0.6 is 0 Å². The molecule has 12 heavy (non-hydrogen) atoms. The highest BCUT2D eigenvalue weighted by atomic mass is 16.5. The number of nitrogens with zero attached hydrogens (tertiary/aromatic N) is 1. The Balaban J connectivity index is 1.77. The van der Waals surface area contributed by atoms with Gasteiger partial charge in [-0.2, -0.15) is 0 Å². The van der Waals surface area contributed by atoms with E-state index in [1.54, 1.807) is 0 Å². The van der Waals surface area contributed by atoms with Gasteiger partial charge in [0.25, 0.3) is 0 Å². The van der Waals surface area contributed by atoms with E-state index in [4.69, 9.17) is 4.74 Å². The predicted octanol–water partition coefficient (Wildman–Crippen LogP) is -0.286. The van der Waals surface area contributed by atoms with Gasteiger partial charge in [0.05, 0.1) is 19.2 Å². The molecule has 0 radical (unpaired) electrons. The third kappa shape index (κ3) is 1.88. The normalized spacial score (nSPS) is 29.3. The minimum Gasteiger partial charge on any atom is -0.379 e. The van der Waals surface area contributed by atoms with Crippen LogP contribution in [0.5, 0.6) is 0 Å². The van der Waals surface area contributed by atoms with Gasteiger partial charge in [0.2, 0.25) is 0 Å². The highest BCUT2D eigenvalue weighted by Crippen LogP contribution is 2.05. The van der Waals surface area contributed by atoms with Gasteiger partial charge in [-0.15, -0.1) is 0 Å². The maximum Gasteiger partial charge on any atom is 0.191 e. The molecule has 0 spiro atoms. The van der Waals surface area contributed by atoms with Crippen LogP contribution in [0, 0.1) is 0 Å². The minimum atomic E-state index is 0.461. The van der Waals surface area contributed by atoms with Crippen LogP contribution in [0.25, 0.3) is 0 Å². The van der Waals surface area contributed by atoms with Crippen molar-refractivity contribution >= 4 is 5.96 Å². The topological polar surface area (TPSA) is 45.6 Å². The lowest BCUT2D eigenvalue weighted by Crippen LogP contribution is -2.44. The second-order valence-corrected chi connectivity index (χ2v) is 3.22. The highest BCUT2D eigenvalue weighted by molar-refractivity contribution is 5.81. The Morgan fingerprint density at radius 3 is 3.25 bits per heavy atom. The molecule has 0 aliphatic carbocycles.